The van der Waals surface area contributed by atoms with Gasteiger partial charge in [0, 0.05) is 17.8 Å². The summed E-state index contributed by atoms with van der Waals surface area (Å²) in [6.45, 7) is 12.8. The third-order valence-corrected chi connectivity index (χ3v) is 7.87. The second-order valence-corrected chi connectivity index (χ2v) is 9.49. The number of hydrogen-bond donors (Lipinski definition) is 1. The molecule has 0 aromatic rings. The van der Waals surface area contributed by atoms with Crippen molar-refractivity contribution in [2.75, 3.05) is 6.61 Å². The SMILES string of the molecule is C=CC1(C)CCC2C(=CCC3C(C)(COC(C)=O)CCCC23C)C1O. The molecule has 2 fully saturated rings. The lowest BCUT2D eigenvalue weighted by molar-refractivity contribution is -0.152. The van der Waals surface area contributed by atoms with E-state index in [-0.39, 0.29) is 22.2 Å². The zero-order valence-corrected chi connectivity index (χ0v) is 16.3. The van der Waals surface area contributed by atoms with E-state index >= 15 is 0 Å². The van der Waals surface area contributed by atoms with E-state index in [0.29, 0.717) is 18.4 Å². The van der Waals surface area contributed by atoms with Gasteiger partial charge in [0.05, 0.1) is 12.7 Å². The highest BCUT2D eigenvalue weighted by molar-refractivity contribution is 5.65. The van der Waals surface area contributed by atoms with Crippen LogP contribution >= 0.6 is 0 Å². The van der Waals surface area contributed by atoms with Crippen LogP contribution < -0.4 is 0 Å². The molecular formula is C22H34O3. The average Bonchev–Trinajstić information content (AvgIpc) is 2.56. The lowest BCUT2D eigenvalue weighted by Crippen LogP contribution is -2.55. The number of hydrogen-bond acceptors (Lipinski definition) is 3. The molecule has 0 spiro atoms. The molecule has 3 nitrogen and oxygen atoms in total. The van der Waals surface area contributed by atoms with Crippen LogP contribution in [-0.4, -0.2) is 23.8 Å². The summed E-state index contributed by atoms with van der Waals surface area (Å²) in [5.41, 5.74) is 1.25. The molecule has 3 aliphatic rings. The number of aliphatic hydroxyl groups excluding tert-OH is 1. The predicted molar refractivity (Wildman–Crippen MR) is 99.9 cm³/mol. The molecule has 0 aromatic heterocycles. The Labute approximate surface area is 152 Å². The van der Waals surface area contributed by atoms with Crippen LogP contribution in [0.15, 0.2) is 24.3 Å². The molecule has 0 amide bonds. The van der Waals surface area contributed by atoms with E-state index in [4.69, 9.17) is 4.74 Å². The van der Waals surface area contributed by atoms with Crippen molar-refractivity contribution in [3.8, 4) is 0 Å². The van der Waals surface area contributed by atoms with Gasteiger partial charge in [-0.15, -0.1) is 6.58 Å². The third-order valence-electron chi connectivity index (χ3n) is 7.87. The van der Waals surface area contributed by atoms with Gasteiger partial charge < -0.3 is 9.84 Å². The van der Waals surface area contributed by atoms with Gasteiger partial charge in [-0.3, -0.25) is 4.79 Å². The molecule has 0 heterocycles. The van der Waals surface area contributed by atoms with Gasteiger partial charge >= 0.3 is 5.97 Å². The van der Waals surface area contributed by atoms with Crippen molar-refractivity contribution >= 4 is 5.97 Å². The minimum atomic E-state index is -0.414. The molecule has 6 unspecified atom stereocenters. The molecule has 140 valence electrons. The fourth-order valence-electron chi connectivity index (χ4n) is 6.19. The van der Waals surface area contributed by atoms with Crippen LogP contribution in [0.5, 0.6) is 0 Å². The summed E-state index contributed by atoms with van der Waals surface area (Å²) in [6.07, 6.45) is 10.4. The number of carbonyl (C=O) groups is 1. The molecule has 3 rings (SSSR count). The Morgan fingerprint density at radius 3 is 2.72 bits per heavy atom. The Kier molecular flexibility index (Phi) is 4.68. The fourth-order valence-corrected chi connectivity index (χ4v) is 6.19. The Morgan fingerprint density at radius 1 is 1.36 bits per heavy atom. The predicted octanol–water partition coefficient (Wildman–Crippen LogP) is 4.66. The smallest absolute Gasteiger partial charge is 0.302 e. The van der Waals surface area contributed by atoms with Gasteiger partial charge in [-0.1, -0.05) is 39.3 Å². The molecule has 1 N–H and O–H groups in total. The van der Waals surface area contributed by atoms with Crippen molar-refractivity contribution in [3.63, 3.8) is 0 Å². The molecule has 0 saturated heterocycles. The van der Waals surface area contributed by atoms with Crippen LogP contribution in [0.4, 0.5) is 0 Å². The van der Waals surface area contributed by atoms with E-state index in [0.717, 1.165) is 25.7 Å². The molecular weight excluding hydrogens is 312 g/mol. The van der Waals surface area contributed by atoms with E-state index < -0.39 is 6.10 Å². The van der Waals surface area contributed by atoms with Crippen LogP contribution in [0.3, 0.4) is 0 Å². The zero-order valence-electron chi connectivity index (χ0n) is 16.3. The quantitative estimate of drug-likeness (QED) is 0.597. The van der Waals surface area contributed by atoms with Gasteiger partial charge in [0.25, 0.3) is 0 Å². The molecule has 6 atom stereocenters. The lowest BCUT2D eigenvalue weighted by atomic mass is 9.45. The van der Waals surface area contributed by atoms with E-state index in [1.54, 1.807) is 0 Å². The Morgan fingerprint density at radius 2 is 2.08 bits per heavy atom. The highest BCUT2D eigenvalue weighted by Crippen LogP contribution is 2.63. The number of ether oxygens (including phenoxy) is 1. The van der Waals surface area contributed by atoms with Gasteiger partial charge in [0.1, 0.15) is 0 Å². The Bertz CT molecular complexity index is 594. The normalized spacial score (nSPS) is 46.4. The van der Waals surface area contributed by atoms with Crippen LogP contribution in [0.25, 0.3) is 0 Å². The number of rotatable bonds is 3. The molecule has 25 heavy (non-hydrogen) atoms. The maximum atomic E-state index is 11.4. The van der Waals surface area contributed by atoms with E-state index in [1.165, 1.54) is 25.3 Å². The van der Waals surface area contributed by atoms with Gasteiger partial charge in [0.15, 0.2) is 0 Å². The van der Waals surface area contributed by atoms with Crippen molar-refractivity contribution < 1.29 is 14.6 Å². The minimum absolute atomic E-state index is 0.0326. The molecule has 0 radical (unpaired) electrons. The summed E-state index contributed by atoms with van der Waals surface area (Å²) < 4.78 is 5.46. The number of allylic oxidation sites excluding steroid dienone is 1. The lowest BCUT2D eigenvalue weighted by Gasteiger charge is -2.60. The van der Waals surface area contributed by atoms with Crippen LogP contribution in [0.1, 0.15) is 66.2 Å². The molecule has 3 heteroatoms. The minimum Gasteiger partial charge on any atom is -0.465 e. The first-order valence-electron chi connectivity index (χ1n) is 9.81. The van der Waals surface area contributed by atoms with E-state index in [1.807, 2.05) is 6.08 Å². The van der Waals surface area contributed by atoms with Crippen molar-refractivity contribution in [2.45, 2.75) is 72.3 Å². The first-order chi connectivity index (χ1) is 11.7. The summed E-state index contributed by atoms with van der Waals surface area (Å²) in [7, 11) is 0. The maximum Gasteiger partial charge on any atom is 0.302 e. The number of esters is 1. The molecule has 0 aromatic carbocycles. The standard InChI is InChI=1S/C22H34O3/c1-6-20(3)13-10-17-16(19(20)24)8-9-18-21(4,14-25-15(2)23)11-7-12-22(17,18)5/h6,8,17-19,24H,1,7,9-14H2,2-5H3. The highest BCUT2D eigenvalue weighted by Gasteiger charge is 2.57. The van der Waals surface area contributed by atoms with Gasteiger partial charge in [0.2, 0.25) is 0 Å². The topological polar surface area (TPSA) is 46.5 Å². The molecule has 2 saturated carbocycles. The second-order valence-electron chi connectivity index (χ2n) is 9.49. The summed E-state index contributed by atoms with van der Waals surface area (Å²) in [5.74, 6) is 0.753. The molecule has 0 bridgehead atoms. The summed E-state index contributed by atoms with van der Waals surface area (Å²) >= 11 is 0. The van der Waals surface area contributed by atoms with Gasteiger partial charge in [-0.2, -0.15) is 0 Å². The van der Waals surface area contributed by atoms with Gasteiger partial charge in [-0.05, 0) is 54.9 Å². The first kappa shape index (κ1) is 18.7. The highest BCUT2D eigenvalue weighted by atomic mass is 16.5. The number of fused-ring (bicyclic) bond motifs is 3. The Hall–Kier alpha value is -1.09. The third kappa shape index (κ3) is 2.89. The summed E-state index contributed by atoms with van der Waals surface area (Å²) in [6, 6.07) is 0. The molecule has 3 aliphatic carbocycles. The van der Waals surface area contributed by atoms with Crippen molar-refractivity contribution in [2.24, 2.45) is 28.1 Å². The van der Waals surface area contributed by atoms with Crippen LogP contribution in [0.2, 0.25) is 0 Å². The summed E-state index contributed by atoms with van der Waals surface area (Å²) in [4.78, 5) is 11.4. The van der Waals surface area contributed by atoms with Crippen molar-refractivity contribution in [1.82, 2.24) is 0 Å². The maximum absolute atomic E-state index is 11.4. The first-order valence-corrected chi connectivity index (χ1v) is 9.81. The van der Waals surface area contributed by atoms with E-state index in [9.17, 15) is 9.90 Å². The number of aliphatic hydroxyl groups is 1. The van der Waals surface area contributed by atoms with E-state index in [2.05, 4.69) is 33.4 Å². The zero-order chi connectivity index (χ0) is 18.5. The van der Waals surface area contributed by atoms with Crippen LogP contribution in [-0.2, 0) is 9.53 Å². The van der Waals surface area contributed by atoms with Crippen molar-refractivity contribution in [1.29, 1.82) is 0 Å². The fraction of sp³-hybridized carbons (Fsp3) is 0.773. The Balaban J connectivity index is 1.93. The number of carbonyl (C=O) groups excluding carboxylic acids is 1. The van der Waals surface area contributed by atoms with Crippen LogP contribution in [0, 0.1) is 28.1 Å². The monoisotopic (exact) mass is 346 g/mol. The summed E-state index contributed by atoms with van der Waals surface area (Å²) in [5, 5.41) is 11.0. The largest absolute Gasteiger partial charge is 0.465 e. The average molecular weight is 347 g/mol. The van der Waals surface area contributed by atoms with Gasteiger partial charge in [-0.25, -0.2) is 0 Å². The second kappa shape index (κ2) is 6.26. The van der Waals surface area contributed by atoms with Crippen molar-refractivity contribution in [3.05, 3.63) is 24.3 Å². The molecule has 0 aliphatic heterocycles.